The summed E-state index contributed by atoms with van der Waals surface area (Å²) in [6.45, 7) is 6.93. The molecule has 0 bridgehead atoms. The number of allylic oxidation sites excluding steroid dienone is 1. The lowest BCUT2D eigenvalue weighted by Crippen LogP contribution is -2.49. The van der Waals surface area contributed by atoms with Crippen LogP contribution in [-0.4, -0.2) is 84.6 Å². The number of likely N-dealkylation sites (N-methyl/N-ethyl adjacent to an activating group) is 1. The van der Waals surface area contributed by atoms with Crippen LogP contribution in [0.15, 0.2) is 12.2 Å². The third-order valence-electron chi connectivity index (χ3n) is 11.8. The first-order valence-corrected chi connectivity index (χ1v) is 27.0. The molecule has 4 atom stereocenters. The number of phosphoric ester groups is 1. The van der Waals surface area contributed by atoms with Gasteiger partial charge in [0.05, 0.1) is 39.9 Å². The van der Waals surface area contributed by atoms with Gasteiger partial charge in [-0.1, -0.05) is 232 Å². The van der Waals surface area contributed by atoms with Gasteiger partial charge in [-0.3, -0.25) is 13.8 Å². The van der Waals surface area contributed by atoms with Crippen molar-refractivity contribution >= 4 is 13.7 Å². The van der Waals surface area contributed by atoms with Gasteiger partial charge in [0.1, 0.15) is 19.3 Å². The van der Waals surface area contributed by atoms with Gasteiger partial charge in [0.2, 0.25) is 5.91 Å². The second kappa shape index (κ2) is 40.9. The molecule has 0 radical (unpaired) electrons. The normalized spacial score (nSPS) is 14.8. The molecule has 2 unspecified atom stereocenters. The van der Waals surface area contributed by atoms with Crippen molar-refractivity contribution in [2.45, 2.75) is 257 Å². The van der Waals surface area contributed by atoms with Gasteiger partial charge in [-0.05, 0) is 25.2 Å². The van der Waals surface area contributed by atoms with Gasteiger partial charge >= 0.3 is 7.82 Å². The first-order valence-electron chi connectivity index (χ1n) is 25.5. The van der Waals surface area contributed by atoms with E-state index in [0.29, 0.717) is 17.4 Å². The van der Waals surface area contributed by atoms with Crippen molar-refractivity contribution in [1.82, 2.24) is 5.32 Å². The molecule has 0 heterocycles. The molecule has 0 aliphatic heterocycles. The monoisotopic (exact) mass is 874 g/mol. The van der Waals surface area contributed by atoms with E-state index in [9.17, 15) is 24.5 Å². The Morgan fingerprint density at radius 1 is 0.600 bits per heavy atom. The van der Waals surface area contributed by atoms with Crippen molar-refractivity contribution in [3.8, 4) is 0 Å². The number of rotatable bonds is 46. The van der Waals surface area contributed by atoms with Crippen LogP contribution >= 0.6 is 7.82 Å². The second-order valence-corrected chi connectivity index (χ2v) is 21.0. The largest absolute Gasteiger partial charge is 0.472 e. The van der Waals surface area contributed by atoms with Crippen LogP contribution in [0.2, 0.25) is 0 Å². The van der Waals surface area contributed by atoms with Gasteiger partial charge in [0, 0.05) is 0 Å². The van der Waals surface area contributed by atoms with Gasteiger partial charge in [-0.2, -0.15) is 0 Å². The summed E-state index contributed by atoms with van der Waals surface area (Å²) in [4.78, 5) is 23.3. The zero-order chi connectivity index (χ0) is 44.6. The summed E-state index contributed by atoms with van der Waals surface area (Å²) < 4.78 is 23.5. The van der Waals surface area contributed by atoms with Crippen molar-refractivity contribution < 1.29 is 38.0 Å². The summed E-state index contributed by atoms with van der Waals surface area (Å²) in [5.74, 6) is 0.163. The van der Waals surface area contributed by atoms with Crippen molar-refractivity contribution in [2.75, 3.05) is 40.9 Å². The highest BCUT2D eigenvalue weighted by molar-refractivity contribution is 7.47. The zero-order valence-electron chi connectivity index (χ0n) is 40.5. The number of phosphoric acid groups is 1. The highest BCUT2D eigenvalue weighted by Gasteiger charge is 2.29. The molecule has 0 spiro atoms. The van der Waals surface area contributed by atoms with Crippen LogP contribution in [0.5, 0.6) is 0 Å². The maximum absolute atomic E-state index is 13.0. The fraction of sp³-hybridized carbons (Fsp3) is 0.940. The minimum absolute atomic E-state index is 0.0208. The SMILES string of the molecule is CCCCCCCCCCCCCCCCCCCCCCCCCCC(O)C(=O)N[C@@H](COP(=O)(O)OCC[N+](C)(C)C)[C@H](O)/C=C/CCCCCCCCCC(C)C. The van der Waals surface area contributed by atoms with Gasteiger partial charge in [-0.25, -0.2) is 4.57 Å². The Hall–Kier alpha value is -0.800. The highest BCUT2D eigenvalue weighted by atomic mass is 31.2. The molecule has 0 fully saturated rings. The summed E-state index contributed by atoms with van der Waals surface area (Å²) in [5.41, 5.74) is 0. The van der Waals surface area contributed by atoms with Crippen LogP contribution < -0.4 is 5.32 Å². The molecule has 0 aromatic heterocycles. The Labute approximate surface area is 372 Å². The molecule has 60 heavy (non-hydrogen) atoms. The zero-order valence-corrected chi connectivity index (χ0v) is 41.4. The van der Waals surface area contributed by atoms with Crippen LogP contribution in [0.1, 0.15) is 239 Å². The number of aliphatic hydroxyl groups excluding tert-OH is 2. The first-order chi connectivity index (χ1) is 28.8. The van der Waals surface area contributed by atoms with Gasteiger partial charge < -0.3 is 24.9 Å². The maximum Gasteiger partial charge on any atom is 0.472 e. The van der Waals surface area contributed by atoms with E-state index < -0.39 is 38.6 Å². The molecule has 4 N–H and O–H groups in total. The van der Waals surface area contributed by atoms with E-state index in [1.807, 2.05) is 27.2 Å². The number of amides is 1. The number of carbonyl (C=O) groups excluding carboxylic acids is 1. The van der Waals surface area contributed by atoms with E-state index in [1.54, 1.807) is 6.08 Å². The van der Waals surface area contributed by atoms with E-state index in [-0.39, 0.29) is 6.61 Å². The molecule has 9 nitrogen and oxygen atoms in total. The van der Waals surface area contributed by atoms with Crippen molar-refractivity contribution in [1.29, 1.82) is 0 Å². The summed E-state index contributed by atoms with van der Waals surface area (Å²) >= 11 is 0. The summed E-state index contributed by atoms with van der Waals surface area (Å²) in [7, 11) is 1.44. The smallest absolute Gasteiger partial charge is 0.387 e. The molecule has 10 heteroatoms. The lowest BCUT2D eigenvalue weighted by molar-refractivity contribution is -0.870. The standard InChI is InChI=1S/C50H101N2O7P/c1-7-8-9-10-11-12-13-14-15-16-17-18-19-20-21-22-23-24-25-26-29-33-36-39-42-49(54)50(55)51-47(45-59-60(56,57)58-44-43-52(4,5)6)48(53)41-38-35-32-30-27-28-31-34-37-40-46(2)3/h38,41,46-49,53-54H,7-37,39-40,42-45H2,1-6H3,(H-,51,55,56,57)/p+1/b41-38+/t47-,48+,49?/m0/s1. The number of carbonyl (C=O) groups is 1. The van der Waals surface area contributed by atoms with Gasteiger partial charge in [0.15, 0.2) is 0 Å². The molecular weight excluding hydrogens is 772 g/mol. The topological polar surface area (TPSA) is 125 Å². The predicted octanol–water partition coefficient (Wildman–Crippen LogP) is 13.5. The molecule has 0 aliphatic carbocycles. The molecule has 0 saturated heterocycles. The minimum Gasteiger partial charge on any atom is -0.387 e. The van der Waals surface area contributed by atoms with Gasteiger partial charge in [-0.15, -0.1) is 0 Å². The molecule has 358 valence electrons. The summed E-state index contributed by atoms with van der Waals surface area (Å²) in [6, 6.07) is -1.02. The molecule has 0 saturated carbocycles. The van der Waals surface area contributed by atoms with E-state index >= 15 is 0 Å². The first kappa shape index (κ1) is 59.2. The quantitative estimate of drug-likeness (QED) is 0.0208. The lowest BCUT2D eigenvalue weighted by Gasteiger charge is -2.26. The van der Waals surface area contributed by atoms with Crippen molar-refractivity contribution in [2.24, 2.45) is 5.92 Å². The Kier molecular flexibility index (Phi) is 40.4. The summed E-state index contributed by atoms with van der Waals surface area (Å²) in [6.07, 6.45) is 43.7. The molecular formula is C50H102N2O7P+. The Morgan fingerprint density at radius 2 is 0.983 bits per heavy atom. The lowest BCUT2D eigenvalue weighted by atomic mass is 10.0. The maximum atomic E-state index is 13.0. The average Bonchev–Trinajstić information content (AvgIpc) is 3.19. The van der Waals surface area contributed by atoms with Crippen LogP contribution in [0.4, 0.5) is 0 Å². The Bertz CT molecular complexity index is 1020. The summed E-state index contributed by atoms with van der Waals surface area (Å²) in [5, 5.41) is 24.3. The van der Waals surface area contributed by atoms with Crippen LogP contribution in [-0.2, 0) is 18.4 Å². The number of aliphatic hydroxyl groups is 2. The van der Waals surface area contributed by atoms with Crippen molar-refractivity contribution in [3.63, 3.8) is 0 Å². The Morgan fingerprint density at radius 3 is 1.38 bits per heavy atom. The molecule has 0 aliphatic rings. The van der Waals surface area contributed by atoms with Gasteiger partial charge in [0.25, 0.3) is 0 Å². The molecule has 1 amide bonds. The number of nitrogens with zero attached hydrogens (tertiary/aromatic N) is 1. The van der Waals surface area contributed by atoms with Crippen LogP contribution in [0.25, 0.3) is 0 Å². The second-order valence-electron chi connectivity index (χ2n) is 19.5. The number of hydrogen-bond acceptors (Lipinski definition) is 6. The van der Waals surface area contributed by atoms with Crippen molar-refractivity contribution in [3.05, 3.63) is 12.2 Å². The predicted molar refractivity (Wildman–Crippen MR) is 255 cm³/mol. The van der Waals surface area contributed by atoms with Crippen LogP contribution in [0.3, 0.4) is 0 Å². The molecule has 0 aromatic rings. The van der Waals surface area contributed by atoms with Crippen LogP contribution in [0, 0.1) is 5.92 Å². The van der Waals surface area contributed by atoms with E-state index in [0.717, 1.165) is 44.4 Å². The van der Waals surface area contributed by atoms with E-state index in [2.05, 4.69) is 26.1 Å². The van der Waals surface area contributed by atoms with E-state index in [1.165, 1.54) is 173 Å². The fourth-order valence-electron chi connectivity index (χ4n) is 7.65. The third kappa shape index (κ3) is 42.5. The highest BCUT2D eigenvalue weighted by Crippen LogP contribution is 2.43. The minimum atomic E-state index is -4.41. The average molecular weight is 874 g/mol. The number of hydrogen-bond donors (Lipinski definition) is 4. The fourth-order valence-corrected chi connectivity index (χ4v) is 8.38. The number of quaternary nitrogens is 1. The number of nitrogens with one attached hydrogen (secondary N) is 1. The number of unbranched alkanes of at least 4 members (excludes halogenated alkanes) is 30. The third-order valence-corrected chi connectivity index (χ3v) is 12.8. The Balaban J connectivity index is 4.26. The van der Waals surface area contributed by atoms with E-state index in [4.69, 9.17) is 9.05 Å². The molecule has 0 aromatic carbocycles. The molecule has 0 rings (SSSR count).